The Morgan fingerprint density at radius 2 is 2.21 bits per heavy atom. The molecule has 14 heavy (non-hydrogen) atoms. The minimum Gasteiger partial charge on any atom is -0.478 e. The summed E-state index contributed by atoms with van der Waals surface area (Å²) in [6.45, 7) is 0. The smallest absolute Gasteiger partial charge is 0.335 e. The second-order valence-electron chi connectivity index (χ2n) is 2.61. The molecule has 0 atom stereocenters. The van der Waals surface area contributed by atoms with Crippen LogP contribution in [0.2, 0.25) is 0 Å². The summed E-state index contributed by atoms with van der Waals surface area (Å²) in [5.74, 6) is -0.303. The average Bonchev–Trinajstić information content (AvgIpc) is 2.17. The van der Waals surface area contributed by atoms with Crippen molar-refractivity contribution in [3.63, 3.8) is 0 Å². The van der Waals surface area contributed by atoms with E-state index in [9.17, 15) is 4.79 Å². The Morgan fingerprint density at radius 1 is 1.43 bits per heavy atom. The van der Waals surface area contributed by atoms with Gasteiger partial charge in [0.25, 0.3) is 0 Å². The number of carbonyl (C=O) groups is 1. The van der Waals surface area contributed by atoms with Crippen LogP contribution < -0.4 is 10.3 Å². The minimum atomic E-state index is -0.935. The van der Waals surface area contributed by atoms with Gasteiger partial charge in [0.15, 0.2) is 5.75 Å². The summed E-state index contributed by atoms with van der Waals surface area (Å²) >= 11 is 0. The van der Waals surface area contributed by atoms with Gasteiger partial charge in [-0.3, -0.25) is 0 Å². The van der Waals surface area contributed by atoms with E-state index in [1.54, 1.807) is 24.4 Å². The number of hydrogen-bond acceptors (Lipinski definition) is 3. The topological polar surface area (TPSA) is 90.1 Å². The molecule has 1 aromatic carbocycles. The van der Waals surface area contributed by atoms with Crippen molar-refractivity contribution in [3.8, 4) is 5.75 Å². The van der Waals surface area contributed by atoms with Crippen LogP contribution in [0.1, 0.15) is 15.9 Å². The number of hydroxylamine groups is 1. The predicted octanol–water partition coefficient (Wildman–Crippen LogP) is 0.428. The van der Waals surface area contributed by atoms with Crippen molar-refractivity contribution in [2.75, 3.05) is 0 Å². The number of carboxylic acids is 1. The summed E-state index contributed by atoms with van der Waals surface area (Å²) in [6, 6.07) is 4.69. The summed E-state index contributed by atoms with van der Waals surface area (Å²) in [4.78, 5) is 15.6. The molecule has 5 heteroatoms. The number of fused-ring (bicyclic) bond motifs is 1. The zero-order chi connectivity index (χ0) is 9.26. The Hall–Kier alpha value is -2.01. The van der Waals surface area contributed by atoms with Gasteiger partial charge >= 0.3 is 5.97 Å². The van der Waals surface area contributed by atoms with Gasteiger partial charge in [0.05, 0.1) is 5.56 Å². The first kappa shape index (κ1) is 10.1. The second-order valence-corrected chi connectivity index (χ2v) is 2.61. The largest absolute Gasteiger partial charge is 0.478 e. The normalized spacial score (nSPS) is 11.7. The van der Waals surface area contributed by atoms with Gasteiger partial charge in [0.2, 0.25) is 0 Å². The molecule has 1 aromatic rings. The standard InChI is InChI=1S/C9H7NO3.H2O/c11-9(12)7-1-2-8-6(5-7)3-4-10-13-8;/h1-5,10H,(H,11,12);1H2. The van der Waals surface area contributed by atoms with Crippen LogP contribution in [0.25, 0.3) is 6.08 Å². The molecule has 1 aliphatic rings. The average molecular weight is 195 g/mol. The van der Waals surface area contributed by atoms with E-state index >= 15 is 0 Å². The molecule has 0 aliphatic carbocycles. The molecule has 0 spiro atoms. The first-order valence-corrected chi connectivity index (χ1v) is 3.73. The van der Waals surface area contributed by atoms with Crippen LogP contribution in [-0.4, -0.2) is 16.6 Å². The second kappa shape index (κ2) is 3.80. The molecule has 2 rings (SSSR count). The molecule has 4 N–H and O–H groups in total. The monoisotopic (exact) mass is 195 g/mol. The molecule has 0 unspecified atom stereocenters. The van der Waals surface area contributed by atoms with Crippen molar-refractivity contribution in [2.24, 2.45) is 0 Å². The molecule has 1 aliphatic heterocycles. The quantitative estimate of drug-likeness (QED) is 0.679. The maximum absolute atomic E-state index is 10.6. The number of aromatic carboxylic acids is 1. The molecule has 74 valence electrons. The van der Waals surface area contributed by atoms with Crippen LogP contribution in [0.5, 0.6) is 5.75 Å². The first-order chi connectivity index (χ1) is 6.27. The van der Waals surface area contributed by atoms with E-state index in [1.807, 2.05) is 0 Å². The van der Waals surface area contributed by atoms with Gasteiger partial charge in [-0.2, -0.15) is 0 Å². The Kier molecular flexibility index (Phi) is 2.73. The highest BCUT2D eigenvalue weighted by Gasteiger charge is 2.09. The molecule has 0 bridgehead atoms. The number of rotatable bonds is 1. The van der Waals surface area contributed by atoms with Crippen molar-refractivity contribution in [3.05, 3.63) is 35.5 Å². The maximum Gasteiger partial charge on any atom is 0.335 e. The lowest BCUT2D eigenvalue weighted by Gasteiger charge is -2.12. The molecule has 0 amide bonds. The van der Waals surface area contributed by atoms with Gasteiger partial charge in [-0.1, -0.05) is 0 Å². The first-order valence-electron chi connectivity index (χ1n) is 3.73. The lowest BCUT2D eigenvalue weighted by atomic mass is 10.1. The molecule has 0 aromatic heterocycles. The van der Waals surface area contributed by atoms with Gasteiger partial charge in [-0.05, 0) is 24.3 Å². The molecule has 5 nitrogen and oxygen atoms in total. The van der Waals surface area contributed by atoms with E-state index in [1.165, 1.54) is 6.07 Å². The highest BCUT2D eigenvalue weighted by molar-refractivity contribution is 5.89. The van der Waals surface area contributed by atoms with E-state index in [2.05, 4.69) is 5.48 Å². The molecule has 0 saturated carbocycles. The lowest BCUT2D eigenvalue weighted by molar-refractivity contribution is 0.0696. The van der Waals surface area contributed by atoms with Crippen molar-refractivity contribution < 1.29 is 20.2 Å². The van der Waals surface area contributed by atoms with Crippen LogP contribution in [0.15, 0.2) is 24.4 Å². The fourth-order valence-corrected chi connectivity index (χ4v) is 1.13. The number of benzene rings is 1. The number of hydrogen-bond donors (Lipinski definition) is 2. The van der Waals surface area contributed by atoms with Gasteiger partial charge in [0, 0.05) is 11.8 Å². The SMILES string of the molecule is O.O=C(O)c1ccc2c(c1)C=CNO2. The third-order valence-corrected chi connectivity index (χ3v) is 1.76. The molecule has 0 fully saturated rings. The summed E-state index contributed by atoms with van der Waals surface area (Å²) in [6.07, 6.45) is 3.36. The Balaban J connectivity index is 0.000000980. The molecule has 0 saturated heterocycles. The van der Waals surface area contributed by atoms with Crippen LogP contribution in [-0.2, 0) is 0 Å². The van der Waals surface area contributed by atoms with Crippen LogP contribution in [0.4, 0.5) is 0 Å². The van der Waals surface area contributed by atoms with Gasteiger partial charge < -0.3 is 15.4 Å². The van der Waals surface area contributed by atoms with Crippen molar-refractivity contribution in [1.29, 1.82) is 0 Å². The fourth-order valence-electron chi connectivity index (χ4n) is 1.13. The highest BCUT2D eigenvalue weighted by atomic mass is 16.6. The summed E-state index contributed by atoms with van der Waals surface area (Å²) in [7, 11) is 0. The van der Waals surface area contributed by atoms with Crippen LogP contribution in [0.3, 0.4) is 0 Å². The molecule has 0 radical (unpaired) electrons. The van der Waals surface area contributed by atoms with E-state index in [-0.39, 0.29) is 11.0 Å². The van der Waals surface area contributed by atoms with Gasteiger partial charge in [-0.25, -0.2) is 10.3 Å². The molecular weight excluding hydrogens is 186 g/mol. The predicted molar refractivity (Wildman–Crippen MR) is 49.8 cm³/mol. The minimum absolute atomic E-state index is 0. The lowest BCUT2D eigenvalue weighted by Crippen LogP contribution is -2.14. The van der Waals surface area contributed by atoms with Crippen molar-refractivity contribution in [2.45, 2.75) is 0 Å². The van der Waals surface area contributed by atoms with Crippen molar-refractivity contribution >= 4 is 12.0 Å². The van der Waals surface area contributed by atoms with Crippen molar-refractivity contribution in [1.82, 2.24) is 5.48 Å². The van der Waals surface area contributed by atoms with Gasteiger partial charge in [0.1, 0.15) is 0 Å². The molecular formula is C9H9NO4. The Labute approximate surface area is 79.9 Å². The summed E-state index contributed by atoms with van der Waals surface area (Å²) in [5, 5.41) is 8.71. The molecule has 1 heterocycles. The number of carboxylic acid groups (broad SMARTS) is 1. The maximum atomic E-state index is 10.6. The Bertz CT molecular complexity index is 386. The van der Waals surface area contributed by atoms with E-state index in [0.717, 1.165) is 5.56 Å². The number of nitrogens with one attached hydrogen (secondary N) is 1. The fraction of sp³-hybridized carbons (Fsp3) is 0. The zero-order valence-electron chi connectivity index (χ0n) is 7.15. The summed E-state index contributed by atoms with van der Waals surface area (Å²) < 4.78 is 0. The highest BCUT2D eigenvalue weighted by Crippen LogP contribution is 2.22. The third kappa shape index (κ3) is 1.67. The van der Waals surface area contributed by atoms with E-state index in [4.69, 9.17) is 9.94 Å². The van der Waals surface area contributed by atoms with Crippen LogP contribution in [0, 0.1) is 0 Å². The summed E-state index contributed by atoms with van der Waals surface area (Å²) in [5.41, 5.74) is 3.58. The zero-order valence-corrected chi connectivity index (χ0v) is 7.15. The third-order valence-electron chi connectivity index (χ3n) is 1.76. The van der Waals surface area contributed by atoms with E-state index < -0.39 is 5.97 Å². The van der Waals surface area contributed by atoms with E-state index in [0.29, 0.717) is 5.75 Å². The van der Waals surface area contributed by atoms with Crippen LogP contribution >= 0.6 is 0 Å². The van der Waals surface area contributed by atoms with Gasteiger partial charge in [-0.15, -0.1) is 0 Å². The Morgan fingerprint density at radius 3 is 2.93 bits per heavy atom.